The molecule has 2 aromatic rings. The molecule has 4 heteroatoms. The lowest BCUT2D eigenvalue weighted by Crippen LogP contribution is -2.29. The van der Waals surface area contributed by atoms with Crippen molar-refractivity contribution in [3.05, 3.63) is 60.1 Å². The summed E-state index contributed by atoms with van der Waals surface area (Å²) in [6.45, 7) is 0.563. The fraction of sp³-hybridized carbons (Fsp3) is 0.267. The van der Waals surface area contributed by atoms with Crippen LogP contribution in [-0.2, 0) is 11.2 Å². The minimum atomic E-state index is -0.259. The second-order valence-electron chi connectivity index (χ2n) is 4.40. The van der Waals surface area contributed by atoms with Crippen LogP contribution in [0.3, 0.4) is 0 Å². The van der Waals surface area contributed by atoms with Crippen LogP contribution in [0.5, 0.6) is 0 Å². The molecule has 1 amide bonds. The van der Waals surface area contributed by atoms with Crippen LogP contribution < -0.4 is 11.1 Å². The summed E-state index contributed by atoms with van der Waals surface area (Å²) in [5.41, 5.74) is 6.96. The number of furan rings is 1. The molecular weight excluding hydrogens is 240 g/mol. The summed E-state index contributed by atoms with van der Waals surface area (Å²) in [4.78, 5) is 11.7. The number of hydrogen-bond acceptors (Lipinski definition) is 3. The molecule has 0 aliphatic heterocycles. The van der Waals surface area contributed by atoms with Crippen molar-refractivity contribution in [3.63, 3.8) is 0 Å². The van der Waals surface area contributed by atoms with E-state index in [1.165, 1.54) is 0 Å². The highest BCUT2D eigenvalue weighted by Gasteiger charge is 2.10. The second kappa shape index (κ2) is 6.75. The van der Waals surface area contributed by atoms with Gasteiger partial charge in [-0.15, -0.1) is 0 Å². The Kier molecular flexibility index (Phi) is 4.75. The molecule has 1 heterocycles. The van der Waals surface area contributed by atoms with Crippen LogP contribution >= 0.6 is 0 Å². The summed E-state index contributed by atoms with van der Waals surface area (Å²) in [5, 5.41) is 2.84. The third-order valence-electron chi connectivity index (χ3n) is 2.91. The Morgan fingerprint density at radius 1 is 1.21 bits per heavy atom. The standard InChI is InChI=1S/C15H18N2O2/c16-14(12-5-2-1-3-6-12)11-15(18)17-9-8-13-7-4-10-19-13/h1-7,10,14H,8-9,11,16H2,(H,17,18). The number of hydrogen-bond donors (Lipinski definition) is 2. The molecule has 0 saturated carbocycles. The van der Waals surface area contributed by atoms with Crippen LogP contribution in [0.15, 0.2) is 53.1 Å². The van der Waals surface area contributed by atoms with Crippen LogP contribution in [0.2, 0.25) is 0 Å². The zero-order valence-corrected chi connectivity index (χ0v) is 10.7. The summed E-state index contributed by atoms with van der Waals surface area (Å²) < 4.78 is 5.19. The topological polar surface area (TPSA) is 68.3 Å². The molecule has 3 N–H and O–H groups in total. The molecule has 1 unspecified atom stereocenters. The first-order valence-electron chi connectivity index (χ1n) is 6.35. The highest BCUT2D eigenvalue weighted by Crippen LogP contribution is 2.12. The molecular formula is C15H18N2O2. The van der Waals surface area contributed by atoms with Gasteiger partial charge in [0.05, 0.1) is 6.26 Å². The van der Waals surface area contributed by atoms with Gasteiger partial charge in [-0.1, -0.05) is 30.3 Å². The molecule has 0 fully saturated rings. The van der Waals surface area contributed by atoms with Crippen molar-refractivity contribution in [2.75, 3.05) is 6.54 Å². The number of carbonyl (C=O) groups excluding carboxylic acids is 1. The third-order valence-corrected chi connectivity index (χ3v) is 2.91. The lowest BCUT2D eigenvalue weighted by atomic mass is 10.0. The fourth-order valence-electron chi connectivity index (χ4n) is 1.87. The van der Waals surface area contributed by atoms with Gasteiger partial charge >= 0.3 is 0 Å². The lowest BCUT2D eigenvalue weighted by molar-refractivity contribution is -0.121. The summed E-state index contributed by atoms with van der Waals surface area (Å²) in [6.07, 6.45) is 2.62. The maximum absolute atomic E-state index is 11.7. The van der Waals surface area contributed by atoms with Gasteiger partial charge in [-0.25, -0.2) is 0 Å². The maximum atomic E-state index is 11.7. The first-order valence-corrected chi connectivity index (χ1v) is 6.35. The number of benzene rings is 1. The number of nitrogens with one attached hydrogen (secondary N) is 1. The Labute approximate surface area is 112 Å². The number of amides is 1. The quantitative estimate of drug-likeness (QED) is 0.833. The van der Waals surface area contributed by atoms with E-state index in [0.29, 0.717) is 19.4 Å². The smallest absolute Gasteiger partial charge is 0.221 e. The summed E-state index contributed by atoms with van der Waals surface area (Å²) in [5.74, 6) is 0.829. The van der Waals surface area contributed by atoms with E-state index in [1.54, 1.807) is 6.26 Å². The molecule has 4 nitrogen and oxygen atoms in total. The van der Waals surface area contributed by atoms with Gasteiger partial charge in [0.15, 0.2) is 0 Å². The maximum Gasteiger partial charge on any atom is 0.221 e. The van der Waals surface area contributed by atoms with Gasteiger partial charge in [0.1, 0.15) is 5.76 Å². The van der Waals surface area contributed by atoms with Gasteiger partial charge in [0.25, 0.3) is 0 Å². The first-order chi connectivity index (χ1) is 9.25. The van der Waals surface area contributed by atoms with E-state index in [4.69, 9.17) is 10.2 Å². The number of rotatable bonds is 6. The molecule has 0 saturated heterocycles. The van der Waals surface area contributed by atoms with E-state index in [9.17, 15) is 4.79 Å². The largest absolute Gasteiger partial charge is 0.469 e. The summed E-state index contributed by atoms with van der Waals surface area (Å²) in [7, 11) is 0. The number of carbonyl (C=O) groups is 1. The molecule has 1 atom stereocenters. The van der Waals surface area contributed by atoms with Crippen molar-refractivity contribution >= 4 is 5.91 Å². The summed E-state index contributed by atoms with van der Waals surface area (Å²) in [6, 6.07) is 13.1. The predicted molar refractivity (Wildman–Crippen MR) is 73.4 cm³/mol. The van der Waals surface area contributed by atoms with E-state index >= 15 is 0 Å². The van der Waals surface area contributed by atoms with Gasteiger partial charge in [-0.05, 0) is 17.7 Å². The highest BCUT2D eigenvalue weighted by molar-refractivity contribution is 5.76. The molecule has 1 aromatic heterocycles. The zero-order valence-electron chi connectivity index (χ0n) is 10.7. The highest BCUT2D eigenvalue weighted by atomic mass is 16.3. The Hall–Kier alpha value is -2.07. The average molecular weight is 258 g/mol. The Morgan fingerprint density at radius 3 is 2.68 bits per heavy atom. The monoisotopic (exact) mass is 258 g/mol. The Bertz CT molecular complexity index is 494. The van der Waals surface area contributed by atoms with E-state index in [2.05, 4.69) is 5.32 Å². The molecule has 0 aliphatic rings. The molecule has 0 spiro atoms. The normalized spacial score (nSPS) is 12.1. The van der Waals surface area contributed by atoms with Crippen LogP contribution in [0.25, 0.3) is 0 Å². The molecule has 2 rings (SSSR count). The molecule has 19 heavy (non-hydrogen) atoms. The minimum Gasteiger partial charge on any atom is -0.469 e. The molecule has 0 bridgehead atoms. The van der Waals surface area contributed by atoms with Gasteiger partial charge in [0, 0.05) is 25.4 Å². The number of nitrogens with two attached hydrogens (primary N) is 1. The van der Waals surface area contributed by atoms with Crippen molar-refractivity contribution in [2.24, 2.45) is 5.73 Å². The van der Waals surface area contributed by atoms with Crippen molar-refractivity contribution in [1.29, 1.82) is 0 Å². The van der Waals surface area contributed by atoms with Gasteiger partial charge < -0.3 is 15.5 Å². The second-order valence-corrected chi connectivity index (χ2v) is 4.40. The van der Waals surface area contributed by atoms with Crippen LogP contribution in [0, 0.1) is 0 Å². The SMILES string of the molecule is NC(CC(=O)NCCc1ccco1)c1ccccc1. The van der Waals surface area contributed by atoms with Gasteiger partial charge in [-0.3, -0.25) is 4.79 Å². The summed E-state index contributed by atoms with van der Waals surface area (Å²) >= 11 is 0. The van der Waals surface area contributed by atoms with Crippen molar-refractivity contribution in [3.8, 4) is 0 Å². The van der Waals surface area contributed by atoms with Gasteiger partial charge in [-0.2, -0.15) is 0 Å². The van der Waals surface area contributed by atoms with E-state index < -0.39 is 0 Å². The average Bonchev–Trinajstić information content (AvgIpc) is 2.93. The van der Waals surface area contributed by atoms with Crippen molar-refractivity contribution in [1.82, 2.24) is 5.32 Å². The lowest BCUT2D eigenvalue weighted by Gasteiger charge is -2.11. The third kappa shape index (κ3) is 4.26. The zero-order chi connectivity index (χ0) is 13.5. The molecule has 0 aliphatic carbocycles. The fourth-order valence-corrected chi connectivity index (χ4v) is 1.87. The van der Waals surface area contributed by atoms with E-state index in [-0.39, 0.29) is 11.9 Å². The minimum absolute atomic E-state index is 0.0390. The van der Waals surface area contributed by atoms with Crippen LogP contribution in [0.1, 0.15) is 23.8 Å². The van der Waals surface area contributed by atoms with Crippen LogP contribution in [0.4, 0.5) is 0 Å². The van der Waals surface area contributed by atoms with Crippen molar-refractivity contribution < 1.29 is 9.21 Å². The molecule has 100 valence electrons. The van der Waals surface area contributed by atoms with Crippen LogP contribution in [-0.4, -0.2) is 12.5 Å². The van der Waals surface area contributed by atoms with Crippen molar-refractivity contribution in [2.45, 2.75) is 18.9 Å². The molecule has 1 aromatic carbocycles. The van der Waals surface area contributed by atoms with E-state index in [1.807, 2.05) is 42.5 Å². The Balaban J connectivity index is 1.72. The predicted octanol–water partition coefficient (Wildman–Crippen LogP) is 2.03. The van der Waals surface area contributed by atoms with Gasteiger partial charge in [0.2, 0.25) is 5.91 Å². The first kappa shape index (κ1) is 13.4. The van der Waals surface area contributed by atoms with E-state index in [0.717, 1.165) is 11.3 Å². The Morgan fingerprint density at radius 2 is 2.00 bits per heavy atom. The molecule has 0 radical (unpaired) electrons.